The maximum Gasteiger partial charge on any atom is 0.317 e. The summed E-state index contributed by atoms with van der Waals surface area (Å²) < 4.78 is 6.31. The zero-order valence-corrected chi connectivity index (χ0v) is 17.1. The summed E-state index contributed by atoms with van der Waals surface area (Å²) in [7, 11) is 0. The molecule has 28 heavy (non-hydrogen) atoms. The van der Waals surface area contributed by atoms with Crippen LogP contribution in [0.25, 0.3) is 0 Å². The Bertz CT molecular complexity index is 637. The topological polar surface area (TPSA) is 48.1 Å². The number of ether oxygens (including phenoxy) is 1. The van der Waals surface area contributed by atoms with Gasteiger partial charge in [-0.2, -0.15) is 0 Å². The number of benzene rings is 1. The number of amides is 2. The molecule has 3 heterocycles. The van der Waals surface area contributed by atoms with Crippen LogP contribution in [0.3, 0.4) is 0 Å². The van der Waals surface area contributed by atoms with Crippen LogP contribution >= 0.6 is 0 Å². The van der Waals surface area contributed by atoms with Crippen molar-refractivity contribution in [3.63, 3.8) is 0 Å². The lowest BCUT2D eigenvalue weighted by molar-refractivity contribution is -0.129. The first-order chi connectivity index (χ1) is 13.7. The SMILES string of the molecule is CCNC(=O)N1CCC2(CC1)C[C@@H](N1CCN(c3ccccc3)CC1)CCO2. The first kappa shape index (κ1) is 19.5. The smallest absolute Gasteiger partial charge is 0.317 e. The third kappa shape index (κ3) is 4.28. The number of nitrogens with one attached hydrogen (secondary N) is 1. The average Bonchev–Trinajstić information content (AvgIpc) is 2.75. The summed E-state index contributed by atoms with van der Waals surface area (Å²) in [5, 5.41) is 2.92. The highest BCUT2D eigenvalue weighted by molar-refractivity contribution is 5.74. The Balaban J connectivity index is 1.30. The lowest BCUT2D eigenvalue weighted by Gasteiger charge is -2.49. The highest BCUT2D eigenvalue weighted by Crippen LogP contribution is 2.37. The molecule has 1 atom stereocenters. The predicted molar refractivity (Wildman–Crippen MR) is 112 cm³/mol. The number of piperazine rings is 1. The molecule has 3 aliphatic rings. The van der Waals surface area contributed by atoms with E-state index < -0.39 is 0 Å². The highest BCUT2D eigenvalue weighted by Gasteiger charge is 2.42. The van der Waals surface area contributed by atoms with Crippen LogP contribution in [0, 0.1) is 0 Å². The van der Waals surface area contributed by atoms with E-state index in [1.54, 1.807) is 0 Å². The minimum absolute atomic E-state index is 0.0253. The zero-order valence-electron chi connectivity index (χ0n) is 17.1. The Morgan fingerprint density at radius 2 is 1.82 bits per heavy atom. The number of nitrogens with zero attached hydrogens (tertiary/aromatic N) is 3. The Hall–Kier alpha value is -1.79. The summed E-state index contributed by atoms with van der Waals surface area (Å²) in [4.78, 5) is 19.2. The fourth-order valence-corrected chi connectivity index (χ4v) is 5.03. The molecule has 154 valence electrons. The lowest BCUT2D eigenvalue weighted by atomic mass is 9.81. The molecule has 3 aliphatic heterocycles. The summed E-state index contributed by atoms with van der Waals surface area (Å²) >= 11 is 0. The highest BCUT2D eigenvalue weighted by atomic mass is 16.5. The van der Waals surface area contributed by atoms with Gasteiger partial charge in [-0.15, -0.1) is 0 Å². The molecule has 2 amide bonds. The molecule has 4 rings (SSSR count). The molecular formula is C22H34N4O2. The molecule has 0 aliphatic carbocycles. The molecule has 6 nitrogen and oxygen atoms in total. The second kappa shape index (κ2) is 8.70. The molecule has 0 saturated carbocycles. The Kier molecular flexibility index (Phi) is 6.07. The van der Waals surface area contributed by atoms with Gasteiger partial charge in [0.05, 0.1) is 5.60 Å². The van der Waals surface area contributed by atoms with Crippen LogP contribution in [0.5, 0.6) is 0 Å². The maximum atomic E-state index is 12.1. The van der Waals surface area contributed by atoms with Gasteiger partial charge in [-0.1, -0.05) is 18.2 Å². The number of hydrogen-bond acceptors (Lipinski definition) is 4. The second-order valence-corrected chi connectivity index (χ2v) is 8.36. The van der Waals surface area contributed by atoms with Crippen LogP contribution in [0.1, 0.15) is 32.6 Å². The van der Waals surface area contributed by atoms with E-state index in [0.29, 0.717) is 12.6 Å². The third-order valence-electron chi connectivity index (χ3n) is 6.71. The Labute approximate surface area is 168 Å². The van der Waals surface area contributed by atoms with E-state index >= 15 is 0 Å². The molecule has 3 saturated heterocycles. The van der Waals surface area contributed by atoms with Crippen LogP contribution in [-0.2, 0) is 4.74 Å². The number of para-hydroxylation sites is 1. The number of rotatable bonds is 3. The van der Waals surface area contributed by atoms with Crippen LogP contribution in [0.2, 0.25) is 0 Å². The molecule has 0 radical (unpaired) electrons. The van der Waals surface area contributed by atoms with Crippen molar-refractivity contribution in [2.45, 2.75) is 44.2 Å². The molecule has 0 bridgehead atoms. The number of carbonyl (C=O) groups is 1. The van der Waals surface area contributed by atoms with Crippen LogP contribution in [0.15, 0.2) is 30.3 Å². The average molecular weight is 387 g/mol. The van der Waals surface area contributed by atoms with E-state index in [2.05, 4.69) is 45.4 Å². The normalized spacial score (nSPS) is 25.7. The molecule has 1 aromatic rings. The van der Waals surface area contributed by atoms with E-state index in [-0.39, 0.29) is 11.6 Å². The maximum absolute atomic E-state index is 12.1. The lowest BCUT2D eigenvalue weighted by Crippen LogP contribution is -2.58. The van der Waals surface area contributed by atoms with Gasteiger partial charge in [-0.25, -0.2) is 4.79 Å². The number of carbonyl (C=O) groups excluding carboxylic acids is 1. The van der Waals surface area contributed by atoms with E-state index in [0.717, 1.165) is 71.6 Å². The summed E-state index contributed by atoms with van der Waals surface area (Å²) in [6, 6.07) is 11.4. The van der Waals surface area contributed by atoms with Crippen LogP contribution in [-0.4, -0.2) is 79.9 Å². The summed E-state index contributed by atoms with van der Waals surface area (Å²) in [6.07, 6.45) is 4.17. The predicted octanol–water partition coefficient (Wildman–Crippen LogP) is 2.55. The van der Waals surface area contributed by atoms with Gasteiger partial charge in [0.1, 0.15) is 0 Å². The second-order valence-electron chi connectivity index (χ2n) is 8.36. The fourth-order valence-electron chi connectivity index (χ4n) is 5.03. The molecule has 1 aromatic carbocycles. The summed E-state index contributed by atoms with van der Waals surface area (Å²) in [5.41, 5.74) is 1.31. The van der Waals surface area contributed by atoms with Crippen molar-refractivity contribution in [2.24, 2.45) is 0 Å². The van der Waals surface area contributed by atoms with Gasteiger partial charge < -0.3 is 19.9 Å². The van der Waals surface area contributed by atoms with Gasteiger partial charge in [0.2, 0.25) is 0 Å². The number of hydrogen-bond donors (Lipinski definition) is 1. The molecule has 3 fully saturated rings. The molecule has 1 spiro atoms. The summed E-state index contributed by atoms with van der Waals surface area (Å²) in [5.74, 6) is 0. The molecule has 1 N–H and O–H groups in total. The first-order valence-corrected chi connectivity index (χ1v) is 10.9. The quantitative estimate of drug-likeness (QED) is 0.867. The van der Waals surface area contributed by atoms with Crippen molar-refractivity contribution in [1.82, 2.24) is 15.1 Å². The number of urea groups is 1. The summed E-state index contributed by atoms with van der Waals surface area (Å²) in [6.45, 7) is 9.56. The Morgan fingerprint density at radius 3 is 2.50 bits per heavy atom. The minimum Gasteiger partial charge on any atom is -0.375 e. The van der Waals surface area contributed by atoms with Gasteiger partial charge in [0.25, 0.3) is 0 Å². The van der Waals surface area contributed by atoms with Crippen molar-refractivity contribution in [1.29, 1.82) is 0 Å². The van der Waals surface area contributed by atoms with Gasteiger partial charge in [0.15, 0.2) is 0 Å². The molecule has 6 heteroatoms. The van der Waals surface area contributed by atoms with E-state index in [1.807, 2.05) is 11.8 Å². The van der Waals surface area contributed by atoms with Crippen molar-refractivity contribution in [3.8, 4) is 0 Å². The monoisotopic (exact) mass is 386 g/mol. The number of anilines is 1. The van der Waals surface area contributed by atoms with E-state index in [9.17, 15) is 4.79 Å². The van der Waals surface area contributed by atoms with Gasteiger partial charge in [0, 0.05) is 64.1 Å². The van der Waals surface area contributed by atoms with Gasteiger partial charge in [-0.3, -0.25) is 4.90 Å². The Morgan fingerprint density at radius 1 is 1.11 bits per heavy atom. The number of likely N-dealkylation sites (tertiary alicyclic amines) is 1. The van der Waals surface area contributed by atoms with Crippen LogP contribution in [0.4, 0.5) is 10.5 Å². The third-order valence-corrected chi connectivity index (χ3v) is 6.71. The van der Waals surface area contributed by atoms with Crippen molar-refractivity contribution < 1.29 is 9.53 Å². The molecule has 0 aromatic heterocycles. The minimum atomic E-state index is -0.0253. The fraction of sp³-hybridized carbons (Fsp3) is 0.682. The van der Waals surface area contributed by atoms with Gasteiger partial charge >= 0.3 is 6.03 Å². The largest absolute Gasteiger partial charge is 0.375 e. The van der Waals surface area contributed by atoms with Crippen molar-refractivity contribution in [2.75, 3.05) is 57.3 Å². The van der Waals surface area contributed by atoms with Crippen molar-refractivity contribution in [3.05, 3.63) is 30.3 Å². The number of piperidine rings is 1. The van der Waals surface area contributed by atoms with E-state index in [1.165, 1.54) is 5.69 Å². The standard InChI is InChI=1S/C22H34N4O2/c1-2-23-21(27)26-11-9-22(10-12-26)18-20(8-17-28-22)25-15-13-24(14-16-25)19-6-4-3-5-7-19/h3-7,20H,2,8-18H2,1H3,(H,23,27)/t20-/m0/s1. The van der Waals surface area contributed by atoms with Crippen LogP contribution < -0.4 is 10.2 Å². The first-order valence-electron chi connectivity index (χ1n) is 10.9. The van der Waals surface area contributed by atoms with Gasteiger partial charge in [-0.05, 0) is 44.7 Å². The molecular weight excluding hydrogens is 352 g/mol. The zero-order chi connectivity index (χ0) is 19.4. The molecule has 0 unspecified atom stereocenters. The van der Waals surface area contributed by atoms with E-state index in [4.69, 9.17) is 4.74 Å². The van der Waals surface area contributed by atoms with Crippen molar-refractivity contribution >= 4 is 11.7 Å².